The number of nitrogens with zero attached hydrogens (tertiary/aromatic N) is 4. The van der Waals surface area contributed by atoms with Gasteiger partial charge in [0.25, 0.3) is 0 Å². The summed E-state index contributed by atoms with van der Waals surface area (Å²) in [5, 5.41) is 0.724. The molecule has 0 N–H and O–H groups in total. The largest absolute Gasteiger partial charge is 0.327 e. The van der Waals surface area contributed by atoms with Crippen molar-refractivity contribution >= 4 is 10.9 Å². The Balaban J connectivity index is 1.77. The molecule has 2 heterocycles. The highest BCUT2D eigenvalue weighted by Gasteiger charge is 2.07. The van der Waals surface area contributed by atoms with Crippen molar-refractivity contribution in [2.24, 2.45) is 7.05 Å². The van der Waals surface area contributed by atoms with E-state index in [4.69, 9.17) is 0 Å². The van der Waals surface area contributed by atoms with Gasteiger partial charge < -0.3 is 4.57 Å². The van der Waals surface area contributed by atoms with E-state index in [0.717, 1.165) is 16.6 Å². The first-order valence-corrected chi connectivity index (χ1v) is 8.15. The van der Waals surface area contributed by atoms with E-state index in [-0.39, 0.29) is 5.82 Å². The summed E-state index contributed by atoms with van der Waals surface area (Å²) in [5.41, 5.74) is 3.02. The fraction of sp³-hybridized carbons (Fsp3) is 0.0952. The molecule has 26 heavy (non-hydrogen) atoms. The fourth-order valence-corrected chi connectivity index (χ4v) is 2.76. The first kappa shape index (κ1) is 16.0. The van der Waals surface area contributed by atoms with Gasteiger partial charge in [0.05, 0.1) is 11.2 Å². The van der Waals surface area contributed by atoms with Crippen LogP contribution in [-0.2, 0) is 7.05 Å². The molecule has 2 aromatic carbocycles. The Labute approximate surface area is 150 Å². The predicted molar refractivity (Wildman–Crippen MR) is 98.9 cm³/mol. The minimum Gasteiger partial charge on any atom is -0.327 e. The molecule has 0 saturated carbocycles. The summed E-state index contributed by atoms with van der Waals surface area (Å²) in [4.78, 5) is 13.3. The lowest BCUT2D eigenvalue weighted by Crippen LogP contribution is -1.96. The molecule has 126 valence electrons. The maximum atomic E-state index is 13.5. The third kappa shape index (κ3) is 3.05. The van der Waals surface area contributed by atoms with Crippen LogP contribution in [0.3, 0.4) is 0 Å². The Bertz CT molecular complexity index is 1160. The minimum absolute atomic E-state index is 0.328. The van der Waals surface area contributed by atoms with Gasteiger partial charge in [-0.2, -0.15) is 0 Å². The SMILES string of the molecule is Cc1nc(C#Cc2nc(-c3ccccc3)cn2C)c2ccc(F)cc2n1. The lowest BCUT2D eigenvalue weighted by atomic mass is 10.2. The van der Waals surface area contributed by atoms with E-state index in [1.165, 1.54) is 12.1 Å². The van der Waals surface area contributed by atoms with Crippen molar-refractivity contribution in [1.82, 2.24) is 19.5 Å². The van der Waals surface area contributed by atoms with Crippen molar-refractivity contribution in [1.29, 1.82) is 0 Å². The minimum atomic E-state index is -0.328. The first-order valence-electron chi connectivity index (χ1n) is 8.15. The molecule has 0 fully saturated rings. The van der Waals surface area contributed by atoms with Crippen LogP contribution in [0.15, 0.2) is 54.7 Å². The van der Waals surface area contributed by atoms with Gasteiger partial charge in [-0.25, -0.2) is 19.3 Å². The fourth-order valence-electron chi connectivity index (χ4n) is 2.76. The van der Waals surface area contributed by atoms with Crippen LogP contribution in [0.2, 0.25) is 0 Å². The van der Waals surface area contributed by atoms with E-state index in [1.807, 2.05) is 48.1 Å². The zero-order valence-electron chi connectivity index (χ0n) is 14.4. The maximum absolute atomic E-state index is 13.5. The van der Waals surface area contributed by atoms with Crippen LogP contribution in [0.5, 0.6) is 0 Å². The molecular weight excluding hydrogens is 327 g/mol. The van der Waals surface area contributed by atoms with E-state index in [1.54, 1.807) is 13.0 Å². The number of hydrogen-bond acceptors (Lipinski definition) is 3. The smallest absolute Gasteiger partial charge is 0.186 e. The van der Waals surface area contributed by atoms with Crippen LogP contribution in [0.4, 0.5) is 4.39 Å². The number of hydrogen-bond donors (Lipinski definition) is 0. The van der Waals surface area contributed by atoms with Gasteiger partial charge in [-0.05, 0) is 30.9 Å². The molecule has 4 nitrogen and oxygen atoms in total. The normalized spacial score (nSPS) is 10.6. The molecule has 2 aromatic heterocycles. The highest BCUT2D eigenvalue weighted by atomic mass is 19.1. The van der Waals surface area contributed by atoms with Gasteiger partial charge in [0.15, 0.2) is 5.82 Å². The number of aromatic nitrogens is 4. The third-order valence-electron chi connectivity index (χ3n) is 4.01. The zero-order valence-corrected chi connectivity index (χ0v) is 14.4. The van der Waals surface area contributed by atoms with Crippen molar-refractivity contribution < 1.29 is 4.39 Å². The number of fused-ring (bicyclic) bond motifs is 1. The summed E-state index contributed by atoms with van der Waals surface area (Å²) >= 11 is 0. The van der Waals surface area contributed by atoms with Gasteiger partial charge >= 0.3 is 0 Å². The second kappa shape index (κ2) is 6.41. The summed E-state index contributed by atoms with van der Waals surface area (Å²) in [6.45, 7) is 1.77. The molecule has 4 aromatic rings. The quantitative estimate of drug-likeness (QED) is 0.493. The number of aryl methyl sites for hydroxylation is 2. The van der Waals surface area contributed by atoms with E-state index in [9.17, 15) is 4.39 Å². The van der Waals surface area contributed by atoms with Gasteiger partial charge in [0.2, 0.25) is 0 Å². The van der Waals surface area contributed by atoms with Crippen molar-refractivity contribution in [2.45, 2.75) is 6.92 Å². The molecule has 0 saturated heterocycles. The Kier molecular flexibility index (Phi) is 3.94. The highest BCUT2D eigenvalue weighted by Crippen LogP contribution is 2.18. The second-order valence-corrected chi connectivity index (χ2v) is 5.96. The molecule has 0 radical (unpaired) electrons. The summed E-state index contributed by atoms with van der Waals surface area (Å²) in [6, 6.07) is 14.4. The molecule has 0 atom stereocenters. The number of benzene rings is 2. The van der Waals surface area contributed by atoms with Crippen LogP contribution in [0, 0.1) is 24.6 Å². The van der Waals surface area contributed by atoms with E-state index in [2.05, 4.69) is 26.8 Å². The number of rotatable bonds is 1. The van der Waals surface area contributed by atoms with Gasteiger partial charge in [-0.15, -0.1) is 0 Å². The second-order valence-electron chi connectivity index (χ2n) is 5.96. The Morgan fingerprint density at radius 2 is 1.77 bits per heavy atom. The molecule has 5 heteroatoms. The van der Waals surface area contributed by atoms with Gasteiger partial charge in [-0.1, -0.05) is 30.3 Å². The van der Waals surface area contributed by atoms with Crippen molar-refractivity contribution in [3.63, 3.8) is 0 Å². The summed E-state index contributed by atoms with van der Waals surface area (Å²) in [7, 11) is 1.90. The molecule has 0 bridgehead atoms. The summed E-state index contributed by atoms with van der Waals surface area (Å²) in [6.07, 6.45) is 1.94. The average molecular weight is 342 g/mol. The lowest BCUT2D eigenvalue weighted by molar-refractivity contribution is 0.629. The van der Waals surface area contributed by atoms with Gasteiger partial charge in [0, 0.05) is 30.3 Å². The van der Waals surface area contributed by atoms with Crippen LogP contribution >= 0.6 is 0 Å². The van der Waals surface area contributed by atoms with E-state index in [0.29, 0.717) is 22.9 Å². The summed E-state index contributed by atoms with van der Waals surface area (Å²) in [5.74, 6) is 6.99. The topological polar surface area (TPSA) is 43.6 Å². The average Bonchev–Trinajstić information content (AvgIpc) is 3.00. The summed E-state index contributed by atoms with van der Waals surface area (Å²) < 4.78 is 15.3. The predicted octanol–water partition coefficient (Wildman–Crippen LogP) is 3.88. The van der Waals surface area contributed by atoms with Crippen molar-refractivity contribution in [3.05, 3.63) is 77.9 Å². The third-order valence-corrected chi connectivity index (χ3v) is 4.01. The van der Waals surface area contributed by atoms with E-state index >= 15 is 0 Å². The van der Waals surface area contributed by atoms with Crippen molar-refractivity contribution in [3.8, 4) is 23.1 Å². The highest BCUT2D eigenvalue weighted by molar-refractivity contribution is 5.83. The molecule has 0 unspecified atom stereocenters. The van der Waals surface area contributed by atoms with Crippen LogP contribution in [-0.4, -0.2) is 19.5 Å². The Hall–Kier alpha value is -3.52. The van der Waals surface area contributed by atoms with Gasteiger partial charge in [0.1, 0.15) is 17.3 Å². The molecular formula is C21H15FN4. The molecule has 0 aliphatic rings. The number of halogens is 1. The maximum Gasteiger partial charge on any atom is 0.186 e. The molecule has 0 aliphatic heterocycles. The molecule has 0 spiro atoms. The number of imidazole rings is 1. The van der Waals surface area contributed by atoms with E-state index < -0.39 is 0 Å². The molecule has 4 rings (SSSR count). The Morgan fingerprint density at radius 1 is 0.962 bits per heavy atom. The van der Waals surface area contributed by atoms with Gasteiger partial charge in [-0.3, -0.25) is 0 Å². The standard InChI is InChI=1S/C21H15FN4/c1-14-23-18(17-9-8-16(22)12-19(17)24-14)10-11-21-25-20(13-26(21)2)15-6-4-3-5-7-15/h3-9,12-13H,1-2H3. The molecule has 0 aliphatic carbocycles. The molecule has 0 amide bonds. The van der Waals surface area contributed by atoms with Crippen LogP contribution in [0.1, 0.15) is 17.3 Å². The van der Waals surface area contributed by atoms with Crippen LogP contribution in [0.25, 0.3) is 22.2 Å². The van der Waals surface area contributed by atoms with Crippen LogP contribution < -0.4 is 0 Å². The monoisotopic (exact) mass is 342 g/mol. The van der Waals surface area contributed by atoms with Crippen molar-refractivity contribution in [2.75, 3.05) is 0 Å². The lowest BCUT2D eigenvalue weighted by Gasteiger charge is -2.01. The Morgan fingerprint density at radius 3 is 2.58 bits per heavy atom. The first-order chi connectivity index (χ1) is 12.6. The zero-order chi connectivity index (χ0) is 18.1.